The standard InChI is InChI=1S/C12H12F5N/c13-11(14,10(18)5-2-6-10)8-3-1-4-9(7-8)12(15,16)17/h1,3-4,7H,2,5-6,18H2. The molecule has 0 bridgehead atoms. The van der Waals surface area contributed by atoms with Crippen molar-refractivity contribution >= 4 is 0 Å². The normalized spacial score (nSPS) is 19.4. The molecule has 0 amide bonds. The van der Waals surface area contributed by atoms with Gasteiger partial charge in [-0.05, 0) is 31.4 Å². The third kappa shape index (κ3) is 1.98. The van der Waals surface area contributed by atoms with Crippen LogP contribution in [0.4, 0.5) is 22.0 Å². The van der Waals surface area contributed by atoms with Gasteiger partial charge in [-0.15, -0.1) is 0 Å². The lowest BCUT2D eigenvalue weighted by atomic mass is 9.71. The number of rotatable bonds is 2. The van der Waals surface area contributed by atoms with E-state index in [1.165, 1.54) is 0 Å². The Morgan fingerprint density at radius 3 is 2.00 bits per heavy atom. The fourth-order valence-corrected chi connectivity index (χ4v) is 2.05. The Morgan fingerprint density at radius 1 is 1.00 bits per heavy atom. The molecule has 6 heteroatoms. The van der Waals surface area contributed by atoms with Gasteiger partial charge in [0.2, 0.25) is 0 Å². The SMILES string of the molecule is NC1(C(F)(F)c2cccc(C(F)(F)F)c2)CCC1. The fourth-order valence-electron chi connectivity index (χ4n) is 2.05. The summed E-state index contributed by atoms with van der Waals surface area (Å²) in [5, 5.41) is 0. The summed E-state index contributed by atoms with van der Waals surface area (Å²) in [6, 6.07) is 3.22. The minimum atomic E-state index is -4.63. The molecule has 0 unspecified atom stereocenters. The summed E-state index contributed by atoms with van der Waals surface area (Å²) in [4.78, 5) is 0. The molecule has 0 saturated heterocycles. The van der Waals surface area contributed by atoms with Crippen LogP contribution in [0, 0.1) is 0 Å². The molecule has 1 aliphatic carbocycles. The van der Waals surface area contributed by atoms with Gasteiger partial charge in [-0.2, -0.15) is 22.0 Å². The molecule has 0 aliphatic heterocycles. The summed E-state index contributed by atoms with van der Waals surface area (Å²) in [5.41, 5.74) is 2.08. The van der Waals surface area contributed by atoms with Crippen LogP contribution in [0.2, 0.25) is 0 Å². The predicted molar refractivity (Wildman–Crippen MR) is 56.1 cm³/mol. The number of hydrogen-bond acceptors (Lipinski definition) is 1. The molecule has 2 rings (SSSR count). The minimum absolute atomic E-state index is 0.121. The van der Waals surface area contributed by atoms with Crippen LogP contribution in [0.1, 0.15) is 30.4 Å². The van der Waals surface area contributed by atoms with E-state index in [9.17, 15) is 22.0 Å². The smallest absolute Gasteiger partial charge is 0.320 e. The summed E-state index contributed by atoms with van der Waals surface area (Å²) < 4.78 is 65.5. The first-order valence-electron chi connectivity index (χ1n) is 5.51. The van der Waals surface area contributed by atoms with Gasteiger partial charge in [0.15, 0.2) is 0 Å². The molecule has 1 aliphatic rings. The summed E-state index contributed by atoms with van der Waals surface area (Å²) in [5.74, 6) is -3.44. The van der Waals surface area contributed by atoms with Gasteiger partial charge >= 0.3 is 6.18 Å². The van der Waals surface area contributed by atoms with Gasteiger partial charge in [0, 0.05) is 5.56 Å². The molecule has 0 heterocycles. The Labute approximate surface area is 101 Å². The molecule has 1 aromatic carbocycles. The molecule has 1 nitrogen and oxygen atoms in total. The third-order valence-corrected chi connectivity index (χ3v) is 3.42. The van der Waals surface area contributed by atoms with Crippen LogP contribution in [0.3, 0.4) is 0 Å². The Bertz CT molecular complexity index is 448. The van der Waals surface area contributed by atoms with Crippen molar-refractivity contribution < 1.29 is 22.0 Å². The van der Waals surface area contributed by atoms with Crippen LogP contribution in [0.5, 0.6) is 0 Å². The minimum Gasteiger partial charge on any atom is -0.320 e. The van der Waals surface area contributed by atoms with E-state index in [-0.39, 0.29) is 12.8 Å². The Balaban J connectivity index is 2.39. The van der Waals surface area contributed by atoms with Crippen molar-refractivity contribution in [2.45, 2.75) is 36.9 Å². The second-order valence-electron chi connectivity index (χ2n) is 4.66. The lowest BCUT2D eigenvalue weighted by Gasteiger charge is -2.44. The fraction of sp³-hybridized carbons (Fsp3) is 0.500. The number of benzene rings is 1. The molecule has 1 aromatic rings. The highest BCUT2D eigenvalue weighted by atomic mass is 19.4. The summed E-state index contributed by atoms with van der Waals surface area (Å²) in [7, 11) is 0. The van der Waals surface area contributed by atoms with E-state index in [4.69, 9.17) is 5.73 Å². The van der Waals surface area contributed by atoms with Crippen LogP contribution in [0.15, 0.2) is 24.3 Å². The number of nitrogens with two attached hydrogens (primary N) is 1. The van der Waals surface area contributed by atoms with Gasteiger partial charge in [0.25, 0.3) is 5.92 Å². The highest BCUT2D eigenvalue weighted by Crippen LogP contribution is 2.48. The molecule has 100 valence electrons. The highest BCUT2D eigenvalue weighted by molar-refractivity contribution is 5.32. The molecule has 0 atom stereocenters. The van der Waals surface area contributed by atoms with Crippen LogP contribution in [0.25, 0.3) is 0 Å². The lowest BCUT2D eigenvalue weighted by Crippen LogP contribution is -2.58. The van der Waals surface area contributed by atoms with Gasteiger partial charge < -0.3 is 5.73 Å². The number of halogens is 5. The average Bonchev–Trinajstić information content (AvgIpc) is 2.24. The zero-order valence-corrected chi connectivity index (χ0v) is 9.40. The zero-order chi connectivity index (χ0) is 13.6. The molecule has 1 fully saturated rings. The highest BCUT2D eigenvalue weighted by Gasteiger charge is 2.55. The van der Waals surface area contributed by atoms with Crippen LogP contribution in [-0.4, -0.2) is 5.54 Å². The van der Waals surface area contributed by atoms with E-state index in [0.29, 0.717) is 12.5 Å². The van der Waals surface area contributed by atoms with Crippen molar-refractivity contribution in [1.29, 1.82) is 0 Å². The molecular formula is C12H12F5N. The van der Waals surface area contributed by atoms with E-state index in [1.54, 1.807) is 0 Å². The topological polar surface area (TPSA) is 26.0 Å². The van der Waals surface area contributed by atoms with Crippen molar-refractivity contribution in [3.05, 3.63) is 35.4 Å². The van der Waals surface area contributed by atoms with Crippen molar-refractivity contribution in [3.63, 3.8) is 0 Å². The maximum absolute atomic E-state index is 14.1. The maximum Gasteiger partial charge on any atom is 0.416 e. The molecule has 2 N–H and O–H groups in total. The Hall–Kier alpha value is -1.17. The van der Waals surface area contributed by atoms with Crippen LogP contribution in [-0.2, 0) is 12.1 Å². The van der Waals surface area contributed by atoms with E-state index < -0.39 is 28.8 Å². The van der Waals surface area contributed by atoms with E-state index in [2.05, 4.69) is 0 Å². The number of hydrogen-bond donors (Lipinski definition) is 1. The molecule has 0 aromatic heterocycles. The monoisotopic (exact) mass is 265 g/mol. The third-order valence-electron chi connectivity index (χ3n) is 3.42. The summed E-state index contributed by atoms with van der Waals surface area (Å²) in [6.07, 6.45) is -3.81. The quantitative estimate of drug-likeness (QED) is 0.811. The van der Waals surface area contributed by atoms with Crippen molar-refractivity contribution in [3.8, 4) is 0 Å². The zero-order valence-electron chi connectivity index (χ0n) is 9.40. The first-order valence-corrected chi connectivity index (χ1v) is 5.51. The Morgan fingerprint density at radius 2 is 1.56 bits per heavy atom. The predicted octanol–water partition coefficient (Wildman–Crippen LogP) is 3.68. The van der Waals surface area contributed by atoms with Crippen molar-refractivity contribution in [2.75, 3.05) is 0 Å². The molecular weight excluding hydrogens is 253 g/mol. The van der Waals surface area contributed by atoms with E-state index in [0.717, 1.165) is 18.2 Å². The number of alkyl halides is 5. The van der Waals surface area contributed by atoms with Gasteiger partial charge in [-0.1, -0.05) is 12.1 Å². The van der Waals surface area contributed by atoms with Gasteiger partial charge in [0.1, 0.15) is 0 Å². The van der Waals surface area contributed by atoms with Crippen LogP contribution >= 0.6 is 0 Å². The molecule has 18 heavy (non-hydrogen) atoms. The second-order valence-corrected chi connectivity index (χ2v) is 4.66. The molecule has 0 radical (unpaired) electrons. The summed E-state index contributed by atoms with van der Waals surface area (Å²) in [6.45, 7) is 0. The molecule has 1 saturated carbocycles. The van der Waals surface area contributed by atoms with Crippen LogP contribution < -0.4 is 5.73 Å². The first kappa shape index (κ1) is 13.3. The lowest BCUT2D eigenvalue weighted by molar-refractivity contribution is -0.138. The largest absolute Gasteiger partial charge is 0.416 e. The summed E-state index contributed by atoms with van der Waals surface area (Å²) >= 11 is 0. The Kier molecular flexibility index (Phi) is 2.88. The molecule has 0 spiro atoms. The second kappa shape index (κ2) is 3.91. The van der Waals surface area contributed by atoms with Gasteiger partial charge in [-0.3, -0.25) is 0 Å². The van der Waals surface area contributed by atoms with E-state index >= 15 is 0 Å². The first-order chi connectivity index (χ1) is 8.17. The van der Waals surface area contributed by atoms with Crippen molar-refractivity contribution in [1.82, 2.24) is 0 Å². The van der Waals surface area contributed by atoms with E-state index in [1.807, 2.05) is 0 Å². The van der Waals surface area contributed by atoms with Gasteiger partial charge in [-0.25, -0.2) is 0 Å². The maximum atomic E-state index is 14.1. The average molecular weight is 265 g/mol. The van der Waals surface area contributed by atoms with Gasteiger partial charge in [0.05, 0.1) is 11.1 Å². The van der Waals surface area contributed by atoms with Crippen molar-refractivity contribution in [2.24, 2.45) is 5.73 Å².